The first-order valence-corrected chi connectivity index (χ1v) is 12.3. The van der Waals surface area contributed by atoms with Gasteiger partial charge in [0.2, 0.25) is 0 Å². The zero-order chi connectivity index (χ0) is 22.8. The molecule has 0 saturated carbocycles. The smallest absolute Gasteiger partial charge is 0.172 e. The fourth-order valence-electron chi connectivity index (χ4n) is 4.50. The normalized spacial score (nSPS) is 22.7. The van der Waals surface area contributed by atoms with Gasteiger partial charge in [-0.1, -0.05) is 75.9 Å². The van der Waals surface area contributed by atoms with E-state index in [0.29, 0.717) is 23.9 Å². The molecular formula is C28H38N4. The quantitative estimate of drug-likeness (QED) is 0.518. The fourth-order valence-corrected chi connectivity index (χ4v) is 4.50. The van der Waals surface area contributed by atoms with E-state index >= 15 is 0 Å². The first kappa shape index (κ1) is 22.6. The third-order valence-corrected chi connectivity index (χ3v) is 7.32. The number of aryl methyl sites for hydroxylation is 2. The van der Waals surface area contributed by atoms with E-state index in [1.54, 1.807) is 0 Å². The van der Waals surface area contributed by atoms with Crippen molar-refractivity contribution < 1.29 is 0 Å². The predicted molar refractivity (Wildman–Crippen MR) is 138 cm³/mol. The number of hydrogen-bond donors (Lipinski definition) is 0. The number of benzene rings is 2. The standard InChI is InChI=1S/C28H38N4/c1-7-21(5)25-17-31(23-13-9-19(3)10-14-23)27(29-25)28-30-26(22(6)8-2)18-32(28)24-15-11-20(4)12-16-24/h9-16,21-22,25-26H,7-8,17-18H2,1-6H3. The van der Waals surface area contributed by atoms with Gasteiger partial charge in [0.25, 0.3) is 0 Å². The van der Waals surface area contributed by atoms with E-state index in [9.17, 15) is 0 Å². The van der Waals surface area contributed by atoms with Crippen molar-refractivity contribution in [2.45, 2.75) is 66.5 Å². The summed E-state index contributed by atoms with van der Waals surface area (Å²) in [6.07, 6.45) is 2.26. The third kappa shape index (κ3) is 4.46. The van der Waals surface area contributed by atoms with Gasteiger partial charge in [0, 0.05) is 24.5 Å². The molecular weight excluding hydrogens is 392 g/mol. The lowest BCUT2D eigenvalue weighted by Crippen LogP contribution is -2.42. The van der Waals surface area contributed by atoms with Crippen molar-refractivity contribution in [3.05, 3.63) is 59.7 Å². The van der Waals surface area contributed by atoms with Crippen molar-refractivity contribution in [3.8, 4) is 0 Å². The zero-order valence-corrected chi connectivity index (χ0v) is 20.5. The van der Waals surface area contributed by atoms with Crippen LogP contribution in [0.3, 0.4) is 0 Å². The van der Waals surface area contributed by atoms with Crippen LogP contribution in [0.1, 0.15) is 51.7 Å². The number of nitrogens with zero attached hydrogens (tertiary/aromatic N) is 4. The van der Waals surface area contributed by atoms with Crippen LogP contribution in [0.5, 0.6) is 0 Å². The average Bonchev–Trinajstić information content (AvgIpc) is 3.44. The molecule has 32 heavy (non-hydrogen) atoms. The monoisotopic (exact) mass is 430 g/mol. The lowest BCUT2D eigenvalue weighted by molar-refractivity contribution is 0.465. The lowest BCUT2D eigenvalue weighted by Gasteiger charge is -2.27. The Labute approximate surface area is 194 Å². The van der Waals surface area contributed by atoms with E-state index < -0.39 is 0 Å². The molecule has 0 radical (unpaired) electrons. The lowest BCUT2D eigenvalue weighted by atomic mass is 10.00. The summed E-state index contributed by atoms with van der Waals surface area (Å²) in [5, 5.41) is 0. The van der Waals surface area contributed by atoms with Crippen molar-refractivity contribution in [1.82, 2.24) is 0 Å². The van der Waals surface area contributed by atoms with Crippen molar-refractivity contribution in [2.75, 3.05) is 22.9 Å². The minimum Gasteiger partial charge on any atom is -0.321 e. The highest BCUT2D eigenvalue weighted by molar-refractivity contribution is 6.50. The number of rotatable bonds is 7. The Morgan fingerprint density at radius 2 is 1.03 bits per heavy atom. The van der Waals surface area contributed by atoms with Crippen LogP contribution in [-0.2, 0) is 0 Å². The molecule has 0 bridgehead atoms. The average molecular weight is 431 g/mol. The third-order valence-electron chi connectivity index (χ3n) is 7.32. The molecule has 4 nitrogen and oxygen atoms in total. The molecule has 0 amide bonds. The number of hydrogen-bond acceptors (Lipinski definition) is 4. The van der Waals surface area contributed by atoms with Crippen molar-refractivity contribution in [3.63, 3.8) is 0 Å². The molecule has 170 valence electrons. The molecule has 2 heterocycles. The van der Waals surface area contributed by atoms with Gasteiger partial charge in [0.15, 0.2) is 11.7 Å². The van der Waals surface area contributed by atoms with Crippen LogP contribution < -0.4 is 9.80 Å². The van der Waals surface area contributed by atoms with Crippen LogP contribution in [0.4, 0.5) is 11.4 Å². The van der Waals surface area contributed by atoms with E-state index in [1.807, 2.05) is 0 Å². The Hall–Kier alpha value is -2.62. The number of amidine groups is 2. The van der Waals surface area contributed by atoms with Gasteiger partial charge in [0.05, 0.1) is 12.1 Å². The summed E-state index contributed by atoms with van der Waals surface area (Å²) >= 11 is 0. The zero-order valence-electron chi connectivity index (χ0n) is 20.5. The van der Waals surface area contributed by atoms with Crippen LogP contribution in [0.15, 0.2) is 58.5 Å². The van der Waals surface area contributed by atoms with E-state index in [2.05, 4.69) is 99.9 Å². The molecule has 4 rings (SSSR count). The Morgan fingerprint density at radius 1 is 0.688 bits per heavy atom. The van der Waals surface area contributed by atoms with Crippen LogP contribution in [0.25, 0.3) is 0 Å². The van der Waals surface area contributed by atoms with Crippen LogP contribution in [0, 0.1) is 25.7 Å². The molecule has 2 aromatic carbocycles. The first-order chi connectivity index (χ1) is 15.4. The highest BCUT2D eigenvalue weighted by atomic mass is 15.4. The SMILES string of the molecule is CCC(C)C1CN(c2ccc(C)cc2)C(C2=NC(C(C)CC)CN2c2ccc(C)cc2)=N1. The summed E-state index contributed by atoms with van der Waals surface area (Å²) in [5.74, 6) is 3.15. The van der Waals surface area contributed by atoms with Gasteiger partial charge in [0.1, 0.15) is 0 Å². The number of aliphatic imine (C=N–C) groups is 2. The molecule has 4 unspecified atom stereocenters. The van der Waals surface area contributed by atoms with Gasteiger partial charge >= 0.3 is 0 Å². The second-order valence-electron chi connectivity index (χ2n) is 9.70. The highest BCUT2D eigenvalue weighted by Crippen LogP contribution is 2.31. The van der Waals surface area contributed by atoms with Crippen LogP contribution in [0.2, 0.25) is 0 Å². The van der Waals surface area contributed by atoms with Gasteiger partial charge in [-0.15, -0.1) is 0 Å². The Bertz CT molecular complexity index is 892. The first-order valence-electron chi connectivity index (χ1n) is 12.3. The molecule has 0 aromatic heterocycles. The van der Waals surface area contributed by atoms with Crippen LogP contribution in [-0.4, -0.2) is 36.8 Å². The van der Waals surface area contributed by atoms with Gasteiger partial charge in [-0.25, -0.2) is 0 Å². The van der Waals surface area contributed by atoms with E-state index in [1.165, 1.54) is 22.5 Å². The minimum absolute atomic E-state index is 0.293. The molecule has 4 atom stereocenters. The van der Waals surface area contributed by atoms with E-state index in [0.717, 1.165) is 37.6 Å². The largest absolute Gasteiger partial charge is 0.321 e. The maximum absolute atomic E-state index is 5.30. The Morgan fingerprint density at radius 3 is 1.34 bits per heavy atom. The summed E-state index contributed by atoms with van der Waals surface area (Å²) in [6.45, 7) is 15.3. The van der Waals surface area contributed by atoms with Gasteiger partial charge in [-0.2, -0.15) is 0 Å². The molecule has 0 spiro atoms. The highest BCUT2D eigenvalue weighted by Gasteiger charge is 2.38. The summed E-state index contributed by atoms with van der Waals surface area (Å²) in [7, 11) is 0. The van der Waals surface area contributed by atoms with E-state index in [-0.39, 0.29) is 0 Å². The topological polar surface area (TPSA) is 31.2 Å². The summed E-state index contributed by atoms with van der Waals surface area (Å²) in [6, 6.07) is 18.3. The Balaban J connectivity index is 1.77. The second-order valence-corrected chi connectivity index (χ2v) is 9.70. The molecule has 0 N–H and O–H groups in total. The van der Waals surface area contributed by atoms with Gasteiger partial charge < -0.3 is 9.80 Å². The maximum Gasteiger partial charge on any atom is 0.172 e. The molecule has 2 aromatic rings. The van der Waals surface area contributed by atoms with E-state index in [4.69, 9.17) is 9.98 Å². The summed E-state index contributed by atoms with van der Waals surface area (Å²) in [4.78, 5) is 15.4. The van der Waals surface area contributed by atoms with Crippen molar-refractivity contribution >= 4 is 23.0 Å². The second kappa shape index (κ2) is 9.48. The molecule has 0 fully saturated rings. The molecule has 4 heteroatoms. The van der Waals surface area contributed by atoms with Crippen LogP contribution >= 0.6 is 0 Å². The molecule has 0 aliphatic carbocycles. The summed E-state index contributed by atoms with van der Waals surface area (Å²) in [5.41, 5.74) is 4.97. The Kier molecular flexibility index (Phi) is 6.68. The van der Waals surface area contributed by atoms with Gasteiger partial charge in [-0.3, -0.25) is 9.98 Å². The molecule has 0 saturated heterocycles. The predicted octanol–water partition coefficient (Wildman–Crippen LogP) is 6.27. The van der Waals surface area contributed by atoms with Crippen molar-refractivity contribution in [2.24, 2.45) is 21.8 Å². The maximum atomic E-state index is 5.30. The number of anilines is 2. The molecule has 2 aliphatic rings. The summed E-state index contributed by atoms with van der Waals surface area (Å²) < 4.78 is 0. The van der Waals surface area contributed by atoms with Crippen molar-refractivity contribution in [1.29, 1.82) is 0 Å². The molecule has 2 aliphatic heterocycles. The fraction of sp³-hybridized carbons (Fsp3) is 0.500. The van der Waals surface area contributed by atoms with Gasteiger partial charge in [-0.05, 0) is 49.9 Å². The minimum atomic E-state index is 0.293.